The summed E-state index contributed by atoms with van der Waals surface area (Å²) >= 11 is 1.70. The van der Waals surface area contributed by atoms with E-state index in [4.69, 9.17) is 37.9 Å². The molecule has 7 heterocycles. The molecule has 9 aromatic rings. The van der Waals surface area contributed by atoms with Gasteiger partial charge in [0, 0.05) is 92.1 Å². The van der Waals surface area contributed by atoms with Gasteiger partial charge in [-0.05, 0) is 96.9 Å². The molecule has 5 N–H and O–H groups in total. The van der Waals surface area contributed by atoms with Crippen LogP contribution >= 0.6 is 11.3 Å². The van der Waals surface area contributed by atoms with Crippen molar-refractivity contribution in [2.24, 2.45) is 0 Å². The molecule has 0 atom stereocenters. The van der Waals surface area contributed by atoms with Crippen LogP contribution in [0, 0.1) is 0 Å². The number of aromatic amines is 4. The lowest BCUT2D eigenvalue weighted by atomic mass is 10.1. The Labute approximate surface area is 511 Å². The lowest BCUT2D eigenvalue weighted by molar-refractivity contribution is -0.127. The quantitative estimate of drug-likeness (QED) is 0.0301. The number of urea groups is 1. The summed E-state index contributed by atoms with van der Waals surface area (Å²) in [6, 6.07) is 40.6. The number of carbonyl (C=O) groups is 2. The fourth-order valence-electron chi connectivity index (χ4n) is 9.41. The van der Waals surface area contributed by atoms with Crippen LogP contribution in [-0.4, -0.2) is 175 Å². The zero-order valence-corrected chi connectivity index (χ0v) is 51.0. The first kappa shape index (κ1) is 63.5. The second-order valence-corrected chi connectivity index (χ2v) is 20.4. The zero-order valence-electron chi connectivity index (χ0n) is 50.2. The molecule has 4 aromatic carbocycles. The maximum atomic E-state index is 11.5. The molecule has 0 aliphatic carbocycles. The number of hydrogen-bond donors (Lipinski definition) is 5. The van der Waals surface area contributed by atoms with Crippen molar-refractivity contribution in [1.82, 2.24) is 60.8 Å². The number of thiophene rings is 1. The van der Waals surface area contributed by atoms with E-state index < -0.39 is 0 Å². The van der Waals surface area contributed by atoms with Gasteiger partial charge in [0.15, 0.2) is 0 Å². The number of H-pyrrole nitrogens is 4. The van der Waals surface area contributed by atoms with E-state index in [1.54, 1.807) is 44.7 Å². The summed E-state index contributed by atoms with van der Waals surface area (Å²) in [7, 11) is 6.60. The van der Waals surface area contributed by atoms with E-state index in [1.807, 2.05) is 126 Å². The Morgan fingerprint density at radius 2 is 0.954 bits per heavy atom. The first-order valence-electron chi connectivity index (χ1n) is 29.0. The minimum Gasteiger partial charge on any atom is -0.496 e. The normalized spacial score (nSPS) is 12.5. The number of rotatable bonds is 27. The summed E-state index contributed by atoms with van der Waals surface area (Å²) in [5.74, 6) is 5.71. The predicted molar refractivity (Wildman–Crippen MR) is 335 cm³/mol. The molecule has 2 aliphatic heterocycles. The van der Waals surface area contributed by atoms with Crippen molar-refractivity contribution in [1.29, 1.82) is 0 Å². The highest BCUT2D eigenvalue weighted by Gasteiger charge is 2.21. The van der Waals surface area contributed by atoms with Gasteiger partial charge >= 0.3 is 6.03 Å². The van der Waals surface area contributed by atoms with Crippen molar-refractivity contribution in [2.75, 3.05) is 107 Å². The second-order valence-electron chi connectivity index (χ2n) is 19.6. The lowest BCUT2D eigenvalue weighted by Crippen LogP contribution is -2.31. The van der Waals surface area contributed by atoms with Gasteiger partial charge in [0.05, 0.1) is 71.0 Å². The van der Waals surface area contributed by atoms with Gasteiger partial charge in [-0.25, -0.2) is 4.79 Å². The molecule has 2 saturated heterocycles. The van der Waals surface area contributed by atoms with E-state index in [1.165, 1.54) is 5.56 Å². The highest BCUT2D eigenvalue weighted by atomic mass is 32.1. The molecule has 0 unspecified atom stereocenters. The molecular formula is C64H78N12O10S. The Kier molecular flexibility index (Phi) is 24.7. The Bertz CT molecular complexity index is 3470. The summed E-state index contributed by atoms with van der Waals surface area (Å²) in [4.78, 5) is 28.8. The third kappa shape index (κ3) is 18.8. The van der Waals surface area contributed by atoms with Gasteiger partial charge in [0.25, 0.3) is 0 Å². The molecule has 0 spiro atoms. The van der Waals surface area contributed by atoms with Crippen LogP contribution in [0.2, 0.25) is 0 Å². The zero-order chi connectivity index (χ0) is 61.0. The summed E-state index contributed by atoms with van der Waals surface area (Å²) in [6.45, 7) is 13.1. The summed E-state index contributed by atoms with van der Waals surface area (Å²) in [6.07, 6.45) is 3.35. The van der Waals surface area contributed by atoms with Crippen LogP contribution in [0.3, 0.4) is 0 Å². The third-order valence-corrected chi connectivity index (χ3v) is 14.9. The fourth-order valence-corrected chi connectivity index (χ4v) is 10.1. The maximum absolute atomic E-state index is 11.5. The minimum atomic E-state index is -0.0414. The van der Waals surface area contributed by atoms with Crippen LogP contribution in [0.5, 0.6) is 46.5 Å². The van der Waals surface area contributed by atoms with Gasteiger partial charge < -0.3 is 57.9 Å². The number of amides is 3. The summed E-state index contributed by atoms with van der Waals surface area (Å²) in [5, 5.41) is 35.5. The van der Waals surface area contributed by atoms with E-state index in [0.29, 0.717) is 69.5 Å². The third-order valence-electron chi connectivity index (χ3n) is 14.1. The lowest BCUT2D eigenvalue weighted by Gasteiger charge is -2.17. The molecule has 23 heteroatoms. The number of nitrogens with zero attached hydrogens (tertiary/aromatic N) is 7. The van der Waals surface area contributed by atoms with E-state index in [-0.39, 0.29) is 11.9 Å². The van der Waals surface area contributed by atoms with Crippen molar-refractivity contribution >= 4 is 23.3 Å². The molecular weight excluding hydrogens is 1130 g/mol. The van der Waals surface area contributed by atoms with Gasteiger partial charge in [-0.1, -0.05) is 62.4 Å². The standard InChI is InChI=1S/C17H21N3O3.C16H23N3O2.C16H16N2O2S.C15H18N4O3/c1-22-15-7-3-2-6-13(15)14-12-16(19-18-14)23-11-5-10-20-9-4-8-17(20)21;1-4-19(5-2)10-11-21-16-12-14(17-18-16)13-8-6-7-9-15(13)20-3;1-19-15-5-3-2-4-13(15)14-10-16(18-17-14)20-8-6-12-7-9-21-11-12;1-21-13-5-3-2-4-11(13)12-10-14(18-17-12)22-9-8-19-7-6-16-15(19)20/h2-3,6-7,12H,4-5,8-11H2,1H3,(H,18,19);6-9,12H,4-5,10-11H2,1-3H3,(H,17,18);2-5,7,9-11H,6,8H2,1H3,(H,17,18);2-5,10H,6-9H2,1H3,(H,16,20)(H,17,18). The molecule has 0 radical (unpaired) electrons. The Hall–Kier alpha value is -9.48. The number of carbonyl (C=O) groups excluding carboxylic acids is 2. The minimum absolute atomic E-state index is 0.0414. The number of likely N-dealkylation sites (N-methyl/N-ethyl adjacent to an activating group) is 1. The second kappa shape index (κ2) is 33.9. The molecule has 3 amide bonds. The number of methoxy groups -OCH3 is 4. The number of likely N-dealkylation sites (tertiary alicyclic amines) is 1. The monoisotopic (exact) mass is 1210 g/mol. The van der Waals surface area contributed by atoms with Crippen LogP contribution in [0.15, 0.2) is 138 Å². The molecule has 460 valence electrons. The first-order chi connectivity index (χ1) is 42.7. The van der Waals surface area contributed by atoms with Crippen molar-refractivity contribution < 1.29 is 47.5 Å². The number of para-hydroxylation sites is 4. The average Bonchev–Trinajstić information content (AvgIpc) is 4.13. The van der Waals surface area contributed by atoms with Crippen molar-refractivity contribution in [2.45, 2.75) is 39.5 Å². The van der Waals surface area contributed by atoms with Crippen LogP contribution < -0.4 is 43.2 Å². The van der Waals surface area contributed by atoms with Gasteiger partial charge in [0.1, 0.15) is 36.2 Å². The van der Waals surface area contributed by atoms with E-state index in [2.05, 4.69) is 81.7 Å². The molecule has 22 nitrogen and oxygen atoms in total. The molecule has 2 fully saturated rings. The molecule has 5 aromatic heterocycles. The maximum Gasteiger partial charge on any atom is 0.317 e. The van der Waals surface area contributed by atoms with Gasteiger partial charge in [-0.15, -0.1) is 20.4 Å². The van der Waals surface area contributed by atoms with Crippen LogP contribution in [0.4, 0.5) is 4.79 Å². The smallest absolute Gasteiger partial charge is 0.317 e. The highest BCUT2D eigenvalue weighted by Crippen LogP contribution is 2.33. The Morgan fingerprint density at radius 3 is 1.34 bits per heavy atom. The van der Waals surface area contributed by atoms with Gasteiger partial charge in [-0.2, -0.15) is 11.3 Å². The first-order valence-corrected chi connectivity index (χ1v) is 29.9. The number of hydrogen-bond acceptors (Lipinski definition) is 16. The van der Waals surface area contributed by atoms with Crippen LogP contribution in [-0.2, 0) is 11.2 Å². The highest BCUT2D eigenvalue weighted by molar-refractivity contribution is 7.07. The number of ether oxygens (including phenoxy) is 8. The Morgan fingerprint density at radius 1 is 0.517 bits per heavy atom. The van der Waals surface area contributed by atoms with E-state index in [9.17, 15) is 9.59 Å². The fraction of sp³-hybridized carbons (Fsp3) is 0.344. The van der Waals surface area contributed by atoms with Crippen molar-refractivity contribution in [3.8, 4) is 91.5 Å². The Balaban J connectivity index is 0.000000151. The van der Waals surface area contributed by atoms with Gasteiger partial charge in [0.2, 0.25) is 29.4 Å². The van der Waals surface area contributed by atoms with E-state index in [0.717, 1.165) is 127 Å². The molecule has 11 rings (SSSR count). The largest absolute Gasteiger partial charge is 0.496 e. The molecule has 0 bridgehead atoms. The summed E-state index contributed by atoms with van der Waals surface area (Å²) in [5.41, 5.74) is 8.57. The van der Waals surface area contributed by atoms with Gasteiger partial charge in [-0.3, -0.25) is 25.2 Å². The number of benzene rings is 4. The van der Waals surface area contributed by atoms with Crippen LogP contribution in [0.25, 0.3) is 45.0 Å². The predicted octanol–water partition coefficient (Wildman–Crippen LogP) is 10.5. The summed E-state index contributed by atoms with van der Waals surface area (Å²) < 4.78 is 44.0. The number of aromatic nitrogens is 8. The topological polar surface area (TPSA) is 244 Å². The SMILES string of the molecule is CCN(CC)CCOc1cc(-c2ccccc2OC)[nH]n1.COc1ccccc1-c1cc(OCCCN2CCCC2=O)n[nH]1.COc1ccccc1-c1cc(OCCN2CCNC2=O)n[nH]1.COc1ccccc1-c1cc(OCCc2ccsc2)n[nH]1. The average molecular weight is 1210 g/mol. The van der Waals surface area contributed by atoms with E-state index >= 15 is 0 Å². The molecule has 87 heavy (non-hydrogen) atoms. The number of nitrogens with one attached hydrogen (secondary N) is 5. The molecule has 2 aliphatic rings. The van der Waals surface area contributed by atoms with Crippen molar-refractivity contribution in [3.63, 3.8) is 0 Å². The molecule has 0 saturated carbocycles. The van der Waals surface area contributed by atoms with Crippen molar-refractivity contribution in [3.05, 3.63) is 144 Å². The van der Waals surface area contributed by atoms with Crippen LogP contribution in [0.1, 0.15) is 38.7 Å².